The van der Waals surface area contributed by atoms with Crippen molar-refractivity contribution in [1.29, 1.82) is 0 Å². The van der Waals surface area contributed by atoms with E-state index in [1.807, 2.05) is 0 Å². The molecule has 3 atom stereocenters. The fraction of sp³-hybridized carbons (Fsp3) is 1.00. The molecule has 0 aromatic rings. The summed E-state index contributed by atoms with van der Waals surface area (Å²) in [5.41, 5.74) is 0.551. The molecule has 2 heteroatoms. The van der Waals surface area contributed by atoms with Gasteiger partial charge in [-0.2, -0.15) is 0 Å². The second kappa shape index (κ2) is 6.58. The van der Waals surface area contributed by atoms with Gasteiger partial charge in [-0.15, -0.1) is 0 Å². The van der Waals surface area contributed by atoms with Crippen LogP contribution in [0.2, 0.25) is 0 Å². The lowest BCUT2D eigenvalue weighted by Gasteiger charge is -2.45. The van der Waals surface area contributed by atoms with Crippen LogP contribution in [0.15, 0.2) is 0 Å². The van der Waals surface area contributed by atoms with Crippen LogP contribution in [0.5, 0.6) is 0 Å². The Bertz CT molecular complexity index is 274. The maximum Gasteiger partial charge on any atom is 0.0108 e. The molecule has 1 N–H and O–H groups in total. The first-order valence-corrected chi connectivity index (χ1v) is 8.49. The van der Waals surface area contributed by atoms with Crippen LogP contribution in [-0.4, -0.2) is 36.6 Å². The summed E-state index contributed by atoms with van der Waals surface area (Å²) < 4.78 is 0. The molecule has 1 saturated heterocycles. The summed E-state index contributed by atoms with van der Waals surface area (Å²) in [5, 5.41) is 3.75. The van der Waals surface area contributed by atoms with Gasteiger partial charge in [0, 0.05) is 18.6 Å². The summed E-state index contributed by atoms with van der Waals surface area (Å²) in [4.78, 5) is 2.76. The third-order valence-corrected chi connectivity index (χ3v) is 5.39. The Hall–Kier alpha value is -0.0800. The number of nitrogens with zero attached hydrogens (tertiary/aromatic N) is 1. The zero-order valence-corrected chi connectivity index (χ0v) is 13.5. The quantitative estimate of drug-likeness (QED) is 0.835. The minimum absolute atomic E-state index is 0.551. The van der Waals surface area contributed by atoms with E-state index in [2.05, 4.69) is 37.9 Å². The normalized spacial score (nSPS) is 36.3. The van der Waals surface area contributed by atoms with Crippen LogP contribution in [0.4, 0.5) is 0 Å². The lowest BCUT2D eigenvalue weighted by atomic mass is 9.69. The van der Waals surface area contributed by atoms with Gasteiger partial charge in [0.25, 0.3) is 0 Å². The fourth-order valence-electron chi connectivity index (χ4n) is 4.19. The summed E-state index contributed by atoms with van der Waals surface area (Å²) in [6, 6.07) is 1.56. The Balaban J connectivity index is 1.96. The first kappa shape index (κ1) is 15.3. The average molecular weight is 266 g/mol. The first-order valence-electron chi connectivity index (χ1n) is 8.49. The predicted molar refractivity (Wildman–Crippen MR) is 83.5 cm³/mol. The Morgan fingerprint density at radius 2 is 2.00 bits per heavy atom. The number of hydrogen-bond acceptors (Lipinski definition) is 2. The standard InChI is InChI=1S/C17H34N2/c1-5-18-16-9-10-17(3,4)12-15(16)13-19-11-7-6-8-14(19)2/h14-16,18H,5-13H2,1-4H3. The molecule has 2 aliphatic rings. The number of rotatable bonds is 4. The zero-order valence-electron chi connectivity index (χ0n) is 13.5. The molecule has 2 fully saturated rings. The van der Waals surface area contributed by atoms with E-state index in [9.17, 15) is 0 Å². The number of likely N-dealkylation sites (tertiary alicyclic amines) is 1. The van der Waals surface area contributed by atoms with Crippen molar-refractivity contribution in [2.24, 2.45) is 11.3 Å². The van der Waals surface area contributed by atoms with Crippen molar-refractivity contribution < 1.29 is 0 Å². The molecule has 0 spiro atoms. The fourth-order valence-corrected chi connectivity index (χ4v) is 4.19. The molecule has 2 rings (SSSR count). The monoisotopic (exact) mass is 266 g/mol. The molecule has 3 unspecified atom stereocenters. The topological polar surface area (TPSA) is 15.3 Å². The van der Waals surface area contributed by atoms with E-state index in [4.69, 9.17) is 0 Å². The molecule has 2 nitrogen and oxygen atoms in total. The summed E-state index contributed by atoms with van der Waals surface area (Å²) in [7, 11) is 0. The van der Waals surface area contributed by atoms with Crippen molar-refractivity contribution in [2.75, 3.05) is 19.6 Å². The van der Waals surface area contributed by atoms with Gasteiger partial charge in [-0.05, 0) is 63.5 Å². The van der Waals surface area contributed by atoms with Crippen molar-refractivity contribution in [3.8, 4) is 0 Å². The highest BCUT2D eigenvalue weighted by molar-refractivity contribution is 4.91. The van der Waals surface area contributed by atoms with Crippen molar-refractivity contribution in [1.82, 2.24) is 10.2 Å². The maximum atomic E-state index is 3.75. The average Bonchev–Trinajstić information content (AvgIpc) is 2.35. The van der Waals surface area contributed by atoms with Crippen LogP contribution in [0.1, 0.15) is 66.2 Å². The molecule has 0 bridgehead atoms. The van der Waals surface area contributed by atoms with Crippen LogP contribution in [-0.2, 0) is 0 Å². The first-order chi connectivity index (χ1) is 9.02. The van der Waals surface area contributed by atoms with Gasteiger partial charge in [0.05, 0.1) is 0 Å². The molecule has 19 heavy (non-hydrogen) atoms. The van der Waals surface area contributed by atoms with Gasteiger partial charge in [-0.1, -0.05) is 27.2 Å². The minimum Gasteiger partial charge on any atom is -0.314 e. The Morgan fingerprint density at radius 3 is 2.68 bits per heavy atom. The molecule has 112 valence electrons. The minimum atomic E-state index is 0.551. The van der Waals surface area contributed by atoms with Crippen LogP contribution < -0.4 is 5.32 Å². The second-order valence-electron chi connectivity index (χ2n) is 7.67. The van der Waals surface area contributed by atoms with E-state index >= 15 is 0 Å². The van der Waals surface area contributed by atoms with E-state index in [0.29, 0.717) is 5.41 Å². The van der Waals surface area contributed by atoms with Gasteiger partial charge in [0.15, 0.2) is 0 Å². The van der Waals surface area contributed by atoms with Gasteiger partial charge in [0.1, 0.15) is 0 Å². The summed E-state index contributed by atoms with van der Waals surface area (Å²) in [5.74, 6) is 0.851. The van der Waals surface area contributed by atoms with E-state index < -0.39 is 0 Å². The molecular weight excluding hydrogens is 232 g/mol. The van der Waals surface area contributed by atoms with E-state index in [1.54, 1.807) is 0 Å². The van der Waals surface area contributed by atoms with Crippen molar-refractivity contribution in [2.45, 2.75) is 78.3 Å². The third kappa shape index (κ3) is 4.19. The van der Waals surface area contributed by atoms with Gasteiger partial charge < -0.3 is 10.2 Å². The Morgan fingerprint density at radius 1 is 1.21 bits per heavy atom. The lowest BCUT2D eigenvalue weighted by molar-refractivity contribution is 0.0708. The van der Waals surface area contributed by atoms with Gasteiger partial charge in [-0.25, -0.2) is 0 Å². The number of nitrogens with one attached hydrogen (secondary N) is 1. The van der Waals surface area contributed by atoms with E-state index in [-0.39, 0.29) is 0 Å². The molecule has 0 aromatic carbocycles. The molecule has 0 radical (unpaired) electrons. The molecule has 1 heterocycles. The van der Waals surface area contributed by atoms with Crippen LogP contribution in [0.25, 0.3) is 0 Å². The smallest absolute Gasteiger partial charge is 0.0108 e. The predicted octanol–water partition coefficient (Wildman–Crippen LogP) is 3.67. The van der Waals surface area contributed by atoms with Crippen molar-refractivity contribution in [3.05, 3.63) is 0 Å². The molecule has 1 aliphatic carbocycles. The van der Waals surface area contributed by atoms with E-state index in [0.717, 1.165) is 24.5 Å². The van der Waals surface area contributed by atoms with Gasteiger partial charge in [0.2, 0.25) is 0 Å². The van der Waals surface area contributed by atoms with E-state index in [1.165, 1.54) is 51.6 Å². The lowest BCUT2D eigenvalue weighted by Crippen LogP contribution is -2.50. The molecule has 1 saturated carbocycles. The Labute approximate surface area is 120 Å². The van der Waals surface area contributed by atoms with Crippen LogP contribution in [0.3, 0.4) is 0 Å². The summed E-state index contributed by atoms with van der Waals surface area (Å²) in [6.07, 6.45) is 8.40. The number of piperidine rings is 1. The zero-order chi connectivity index (χ0) is 13.9. The van der Waals surface area contributed by atoms with Crippen molar-refractivity contribution in [3.63, 3.8) is 0 Å². The summed E-state index contributed by atoms with van der Waals surface area (Å²) in [6.45, 7) is 13.4. The molecule has 1 aliphatic heterocycles. The maximum absolute atomic E-state index is 3.75. The van der Waals surface area contributed by atoms with Gasteiger partial charge >= 0.3 is 0 Å². The number of hydrogen-bond donors (Lipinski definition) is 1. The third-order valence-electron chi connectivity index (χ3n) is 5.39. The van der Waals surface area contributed by atoms with Crippen molar-refractivity contribution >= 4 is 0 Å². The highest BCUT2D eigenvalue weighted by Gasteiger charge is 2.36. The second-order valence-corrected chi connectivity index (χ2v) is 7.67. The molecular formula is C17H34N2. The highest BCUT2D eigenvalue weighted by Crippen LogP contribution is 2.39. The highest BCUT2D eigenvalue weighted by atomic mass is 15.2. The summed E-state index contributed by atoms with van der Waals surface area (Å²) >= 11 is 0. The molecule has 0 aromatic heterocycles. The van der Waals surface area contributed by atoms with Gasteiger partial charge in [-0.3, -0.25) is 0 Å². The molecule has 0 amide bonds. The van der Waals surface area contributed by atoms with Crippen LogP contribution >= 0.6 is 0 Å². The van der Waals surface area contributed by atoms with Crippen LogP contribution in [0, 0.1) is 11.3 Å². The Kier molecular flexibility index (Phi) is 5.30. The SMILES string of the molecule is CCNC1CCC(C)(C)CC1CN1CCCCC1C. The largest absolute Gasteiger partial charge is 0.314 e.